The number of carboxylic acid groups (broad SMARTS) is 1. The number of nitrogens with zero attached hydrogens (tertiary/aromatic N) is 1. The van der Waals surface area contributed by atoms with Crippen LogP contribution in [0.25, 0.3) is 0 Å². The maximum absolute atomic E-state index is 11.7. The molecule has 1 amide bonds. The van der Waals surface area contributed by atoms with Crippen molar-refractivity contribution in [2.24, 2.45) is 5.73 Å². The van der Waals surface area contributed by atoms with Crippen LogP contribution < -0.4 is 5.73 Å². The van der Waals surface area contributed by atoms with Crippen LogP contribution in [0.2, 0.25) is 0 Å². The lowest BCUT2D eigenvalue weighted by molar-refractivity contribution is -0.150. The van der Waals surface area contributed by atoms with E-state index in [-0.39, 0.29) is 25.7 Å². The third kappa shape index (κ3) is 5.67. The van der Waals surface area contributed by atoms with E-state index in [1.807, 2.05) is 0 Å². The Morgan fingerprint density at radius 3 is 2.31 bits per heavy atom. The van der Waals surface area contributed by atoms with Gasteiger partial charge in [0.05, 0.1) is 6.61 Å². The molecule has 0 aromatic carbocycles. The molecule has 0 unspecified atom stereocenters. The number of hydrogen-bond donors (Lipinski definition) is 2. The van der Waals surface area contributed by atoms with Crippen molar-refractivity contribution in [3.05, 3.63) is 0 Å². The van der Waals surface area contributed by atoms with Crippen molar-refractivity contribution in [3.8, 4) is 0 Å². The number of ether oxygens (including phenoxy) is 1. The third-order valence-corrected chi connectivity index (χ3v) is 1.89. The van der Waals surface area contributed by atoms with E-state index in [1.54, 1.807) is 20.8 Å². The van der Waals surface area contributed by atoms with Gasteiger partial charge in [-0.15, -0.1) is 0 Å². The van der Waals surface area contributed by atoms with E-state index in [4.69, 9.17) is 15.6 Å². The van der Waals surface area contributed by atoms with Crippen LogP contribution in [0.5, 0.6) is 0 Å². The van der Waals surface area contributed by atoms with Crippen molar-refractivity contribution < 1.29 is 19.4 Å². The Hall–Kier alpha value is -1.14. The fourth-order valence-corrected chi connectivity index (χ4v) is 1.16. The lowest BCUT2D eigenvalue weighted by Crippen LogP contribution is -2.49. The van der Waals surface area contributed by atoms with Gasteiger partial charge in [-0.1, -0.05) is 0 Å². The summed E-state index contributed by atoms with van der Waals surface area (Å²) in [6.45, 7) is 5.49. The maximum Gasteiger partial charge on any atom is 0.323 e. The summed E-state index contributed by atoms with van der Waals surface area (Å²) in [6, 6.07) is 0. The summed E-state index contributed by atoms with van der Waals surface area (Å²) in [5.41, 5.74) is 4.67. The van der Waals surface area contributed by atoms with Crippen LogP contribution >= 0.6 is 0 Å². The van der Waals surface area contributed by atoms with Crippen LogP contribution in [0.1, 0.15) is 20.8 Å². The van der Waals surface area contributed by atoms with Crippen molar-refractivity contribution in [1.82, 2.24) is 4.90 Å². The van der Waals surface area contributed by atoms with Gasteiger partial charge in [-0.2, -0.15) is 0 Å². The molecule has 0 saturated carbocycles. The summed E-state index contributed by atoms with van der Waals surface area (Å²) in [7, 11) is 0. The van der Waals surface area contributed by atoms with Gasteiger partial charge in [0.1, 0.15) is 13.2 Å². The van der Waals surface area contributed by atoms with E-state index < -0.39 is 11.5 Å². The molecule has 0 rings (SSSR count). The molecule has 3 N–H and O–H groups in total. The number of nitrogens with two attached hydrogens (primary N) is 1. The Kier molecular flexibility index (Phi) is 5.98. The quantitative estimate of drug-likeness (QED) is 0.612. The third-order valence-electron chi connectivity index (χ3n) is 1.89. The molecule has 0 aliphatic carbocycles. The molecular weight excluding hydrogens is 212 g/mol. The highest BCUT2D eigenvalue weighted by molar-refractivity contribution is 5.82. The van der Waals surface area contributed by atoms with Gasteiger partial charge in [0.15, 0.2) is 0 Å². The normalized spacial score (nSPS) is 11.2. The molecule has 0 spiro atoms. The van der Waals surface area contributed by atoms with Crippen LogP contribution in [0.4, 0.5) is 0 Å². The first-order valence-corrected chi connectivity index (χ1v) is 5.09. The minimum atomic E-state index is -1.04. The van der Waals surface area contributed by atoms with Crippen molar-refractivity contribution >= 4 is 11.9 Å². The first-order chi connectivity index (χ1) is 7.29. The van der Waals surface area contributed by atoms with Gasteiger partial charge in [-0.25, -0.2) is 0 Å². The largest absolute Gasteiger partial charge is 0.480 e. The van der Waals surface area contributed by atoms with E-state index >= 15 is 0 Å². The van der Waals surface area contributed by atoms with Crippen molar-refractivity contribution in [3.63, 3.8) is 0 Å². The molecule has 0 aliphatic heterocycles. The molecule has 6 heteroatoms. The van der Waals surface area contributed by atoms with Gasteiger partial charge in [-0.05, 0) is 20.8 Å². The minimum absolute atomic E-state index is 0.137. The van der Waals surface area contributed by atoms with E-state index in [0.29, 0.717) is 6.54 Å². The smallest absolute Gasteiger partial charge is 0.323 e. The molecule has 0 atom stereocenters. The molecular formula is C10H20N2O4. The average Bonchev–Trinajstić information content (AvgIpc) is 2.12. The van der Waals surface area contributed by atoms with Crippen LogP contribution in [0, 0.1) is 0 Å². The van der Waals surface area contributed by atoms with Crippen molar-refractivity contribution in [2.75, 3.05) is 26.3 Å². The monoisotopic (exact) mass is 232 g/mol. The second-order valence-electron chi connectivity index (χ2n) is 4.39. The minimum Gasteiger partial charge on any atom is -0.480 e. The Labute approximate surface area is 95.4 Å². The van der Waals surface area contributed by atoms with E-state index in [9.17, 15) is 9.59 Å². The fraction of sp³-hybridized carbons (Fsp3) is 0.800. The zero-order chi connectivity index (χ0) is 12.8. The molecule has 0 radical (unpaired) electrons. The zero-order valence-corrected chi connectivity index (χ0v) is 10.0. The number of carbonyl (C=O) groups excluding carboxylic acids is 1. The highest BCUT2D eigenvalue weighted by atomic mass is 16.5. The average molecular weight is 232 g/mol. The number of amides is 1. The lowest BCUT2D eigenvalue weighted by atomic mass is 10.1. The maximum atomic E-state index is 11.7. The Balaban J connectivity index is 4.39. The SMILES string of the molecule is CC(C)(C)N(CC(=O)O)C(=O)COCCN. The molecule has 0 aliphatic rings. The first kappa shape index (κ1) is 14.9. The van der Waals surface area contributed by atoms with Gasteiger partial charge in [-0.3, -0.25) is 9.59 Å². The Morgan fingerprint density at radius 2 is 1.94 bits per heavy atom. The molecule has 0 saturated heterocycles. The van der Waals surface area contributed by atoms with Crippen LogP contribution in [0.3, 0.4) is 0 Å². The van der Waals surface area contributed by atoms with Gasteiger partial charge < -0.3 is 20.5 Å². The standard InChI is InChI=1S/C10H20N2O4/c1-10(2,3)12(6-9(14)15)8(13)7-16-5-4-11/h4-7,11H2,1-3H3,(H,14,15). The predicted octanol–water partition coefficient (Wildman–Crippen LogP) is -0.327. The van der Waals surface area contributed by atoms with Crippen molar-refractivity contribution in [2.45, 2.75) is 26.3 Å². The highest BCUT2D eigenvalue weighted by Crippen LogP contribution is 2.13. The van der Waals surface area contributed by atoms with Crippen LogP contribution in [0.15, 0.2) is 0 Å². The lowest BCUT2D eigenvalue weighted by Gasteiger charge is -2.34. The molecule has 16 heavy (non-hydrogen) atoms. The van der Waals surface area contributed by atoms with Crippen LogP contribution in [-0.2, 0) is 14.3 Å². The van der Waals surface area contributed by atoms with Gasteiger partial charge in [0.25, 0.3) is 0 Å². The molecule has 94 valence electrons. The number of aliphatic carboxylic acids is 1. The molecule has 0 heterocycles. The van der Waals surface area contributed by atoms with Crippen LogP contribution in [-0.4, -0.2) is 53.7 Å². The predicted molar refractivity (Wildman–Crippen MR) is 59.0 cm³/mol. The number of carboxylic acids is 1. The molecule has 6 nitrogen and oxygen atoms in total. The summed E-state index contributed by atoms with van der Waals surface area (Å²) in [5.74, 6) is -1.38. The fourth-order valence-electron chi connectivity index (χ4n) is 1.16. The topological polar surface area (TPSA) is 92.9 Å². The van der Waals surface area contributed by atoms with Crippen molar-refractivity contribution in [1.29, 1.82) is 0 Å². The molecule has 0 aromatic heterocycles. The first-order valence-electron chi connectivity index (χ1n) is 5.09. The van der Waals surface area contributed by atoms with E-state index in [2.05, 4.69) is 0 Å². The van der Waals surface area contributed by atoms with Gasteiger partial charge in [0, 0.05) is 12.1 Å². The summed E-state index contributed by atoms with van der Waals surface area (Å²) in [6.07, 6.45) is 0. The summed E-state index contributed by atoms with van der Waals surface area (Å²) in [5, 5.41) is 8.71. The molecule has 0 fully saturated rings. The zero-order valence-electron chi connectivity index (χ0n) is 10.0. The second kappa shape index (κ2) is 6.44. The summed E-state index contributed by atoms with van der Waals surface area (Å²) < 4.78 is 4.99. The number of rotatable bonds is 6. The Morgan fingerprint density at radius 1 is 1.38 bits per heavy atom. The second-order valence-corrected chi connectivity index (χ2v) is 4.39. The molecule has 0 bridgehead atoms. The van der Waals surface area contributed by atoms with Gasteiger partial charge >= 0.3 is 5.97 Å². The summed E-state index contributed by atoms with van der Waals surface area (Å²) in [4.78, 5) is 23.6. The van der Waals surface area contributed by atoms with E-state index in [1.165, 1.54) is 4.90 Å². The number of carbonyl (C=O) groups is 2. The highest BCUT2D eigenvalue weighted by Gasteiger charge is 2.28. The summed E-state index contributed by atoms with van der Waals surface area (Å²) >= 11 is 0. The van der Waals surface area contributed by atoms with E-state index in [0.717, 1.165) is 0 Å². The molecule has 0 aromatic rings. The van der Waals surface area contributed by atoms with Gasteiger partial charge in [0.2, 0.25) is 5.91 Å². The Bertz CT molecular complexity index is 248. The number of hydrogen-bond acceptors (Lipinski definition) is 4.